The molecule has 0 heterocycles. The fourth-order valence-electron chi connectivity index (χ4n) is 1.63. The second-order valence-corrected chi connectivity index (χ2v) is 4.41. The van der Waals surface area contributed by atoms with Crippen molar-refractivity contribution in [1.29, 1.82) is 0 Å². The normalized spacial score (nSPS) is 10.7. The van der Waals surface area contributed by atoms with Gasteiger partial charge in [0, 0.05) is 23.6 Å². The van der Waals surface area contributed by atoms with Gasteiger partial charge in [-0.05, 0) is 24.3 Å². The first kappa shape index (κ1) is 18.8. The van der Waals surface area contributed by atoms with Crippen LogP contribution in [0.15, 0.2) is 58.5 Å². The Balaban J connectivity index is 0.000000816. The molecule has 0 atom stereocenters. The molecule has 4 nitrogen and oxygen atoms in total. The number of nitrogens with zero attached hydrogens (tertiary/aromatic N) is 2. The number of para-hydroxylation sites is 2. The molecule has 0 saturated heterocycles. The standard InChI is InChI=1S/C16H16N2O2.2FH.Mn/c19-15-7-3-1-5-13(15)11-17-9-10-18-12-14-6-2-4-8-16(14)20;;;/h1-8,11-12,19-20H,9-10H2;2*1H;/q;;;+2/p-2. The van der Waals surface area contributed by atoms with E-state index < -0.39 is 15.9 Å². The maximum atomic E-state index is 9.66. The molecule has 23 heavy (non-hydrogen) atoms. The van der Waals surface area contributed by atoms with Gasteiger partial charge in [-0.2, -0.15) is 0 Å². The summed E-state index contributed by atoms with van der Waals surface area (Å²) in [4.78, 5) is 8.39. The Kier molecular flexibility index (Phi) is 9.28. The van der Waals surface area contributed by atoms with Crippen molar-refractivity contribution < 1.29 is 33.2 Å². The van der Waals surface area contributed by atoms with E-state index in [9.17, 15) is 17.3 Å². The number of phenolic OH excluding ortho intramolecular Hbond substituents is 2. The molecule has 0 aliphatic carbocycles. The Morgan fingerprint density at radius 2 is 1.13 bits per heavy atom. The zero-order valence-electron chi connectivity index (χ0n) is 12.1. The summed E-state index contributed by atoms with van der Waals surface area (Å²) in [7, 11) is 0. The van der Waals surface area contributed by atoms with Crippen molar-refractivity contribution in [3.8, 4) is 11.5 Å². The third-order valence-corrected chi connectivity index (χ3v) is 2.69. The first-order valence-electron chi connectivity index (χ1n) is 6.61. The Morgan fingerprint density at radius 3 is 1.48 bits per heavy atom. The predicted octanol–water partition coefficient (Wildman–Crippen LogP) is 3.47. The number of hydrogen-bond acceptors (Lipinski definition) is 4. The van der Waals surface area contributed by atoms with E-state index in [0.717, 1.165) is 0 Å². The van der Waals surface area contributed by atoms with Gasteiger partial charge in [0.25, 0.3) is 0 Å². The van der Waals surface area contributed by atoms with Crippen molar-refractivity contribution in [1.82, 2.24) is 0 Å². The molecule has 0 amide bonds. The molecule has 2 rings (SSSR count). The first-order valence-corrected chi connectivity index (χ1v) is 7.51. The van der Waals surface area contributed by atoms with Crippen LogP contribution in [0.1, 0.15) is 11.1 Å². The first-order chi connectivity index (χ1) is 11.2. The number of phenols is 2. The molecular formula is C16H16F2MnN2O2. The van der Waals surface area contributed by atoms with Crippen LogP contribution in [0.3, 0.4) is 0 Å². The van der Waals surface area contributed by atoms with Gasteiger partial charge in [-0.15, -0.1) is 0 Å². The molecule has 0 aliphatic rings. The molecule has 0 radical (unpaired) electrons. The molecule has 0 spiro atoms. The second-order valence-electron chi connectivity index (χ2n) is 4.24. The number of halogens is 2. The van der Waals surface area contributed by atoms with Gasteiger partial charge in [0.05, 0.1) is 13.1 Å². The van der Waals surface area contributed by atoms with E-state index in [0.29, 0.717) is 24.2 Å². The minimum atomic E-state index is -1.94. The zero-order valence-corrected chi connectivity index (χ0v) is 13.3. The van der Waals surface area contributed by atoms with E-state index in [1.54, 1.807) is 48.8 Å². The predicted molar refractivity (Wildman–Crippen MR) is 83.4 cm³/mol. The van der Waals surface area contributed by atoms with Gasteiger partial charge in [0.15, 0.2) is 0 Å². The van der Waals surface area contributed by atoms with Crippen molar-refractivity contribution in [3.63, 3.8) is 0 Å². The van der Waals surface area contributed by atoms with Crippen molar-refractivity contribution in [3.05, 3.63) is 59.7 Å². The van der Waals surface area contributed by atoms with Crippen LogP contribution in [-0.2, 0) is 15.9 Å². The Labute approximate surface area is 140 Å². The number of rotatable bonds is 5. The summed E-state index contributed by atoms with van der Waals surface area (Å²) in [6, 6.07) is 14.1. The maximum absolute atomic E-state index is 9.66. The number of benzene rings is 2. The van der Waals surface area contributed by atoms with E-state index in [4.69, 9.17) is 0 Å². The van der Waals surface area contributed by atoms with Crippen LogP contribution in [0.25, 0.3) is 0 Å². The summed E-state index contributed by atoms with van der Waals surface area (Å²) in [6.07, 6.45) is 3.26. The van der Waals surface area contributed by atoms with Crippen molar-refractivity contribution in [2.45, 2.75) is 0 Å². The third-order valence-electron chi connectivity index (χ3n) is 2.69. The molecule has 0 saturated carbocycles. The summed E-state index contributed by atoms with van der Waals surface area (Å²) < 4.78 is 19.3. The summed E-state index contributed by atoms with van der Waals surface area (Å²) in [5.41, 5.74) is 1.38. The fraction of sp³-hybridized carbons (Fsp3) is 0.125. The molecule has 0 aromatic heterocycles. The van der Waals surface area contributed by atoms with Gasteiger partial charge >= 0.3 is 23.0 Å². The van der Waals surface area contributed by atoms with E-state index in [1.165, 1.54) is 0 Å². The van der Waals surface area contributed by atoms with Crippen LogP contribution in [0.4, 0.5) is 7.10 Å². The van der Waals surface area contributed by atoms with E-state index >= 15 is 0 Å². The van der Waals surface area contributed by atoms with Crippen LogP contribution in [-0.4, -0.2) is 35.7 Å². The van der Waals surface area contributed by atoms with Gasteiger partial charge in [0.1, 0.15) is 11.5 Å². The topological polar surface area (TPSA) is 65.2 Å². The van der Waals surface area contributed by atoms with Crippen molar-refractivity contribution >= 4 is 12.4 Å². The van der Waals surface area contributed by atoms with Crippen molar-refractivity contribution in [2.24, 2.45) is 9.98 Å². The number of aliphatic imine (C=N–C) groups is 2. The number of hydrogen-bond donors (Lipinski definition) is 2. The zero-order chi connectivity index (χ0) is 16.9. The minimum absolute atomic E-state index is 0.217. The molecule has 7 heteroatoms. The fourth-order valence-corrected chi connectivity index (χ4v) is 1.63. The third kappa shape index (κ3) is 7.53. The van der Waals surface area contributed by atoms with E-state index in [2.05, 4.69) is 9.98 Å². The summed E-state index contributed by atoms with van der Waals surface area (Å²) in [6.45, 7) is 1.05. The van der Waals surface area contributed by atoms with E-state index in [1.807, 2.05) is 12.1 Å². The summed E-state index contributed by atoms with van der Waals surface area (Å²) in [5.74, 6) is 0.433. The van der Waals surface area contributed by atoms with Crippen LogP contribution in [0.5, 0.6) is 11.5 Å². The van der Waals surface area contributed by atoms with Crippen molar-refractivity contribution in [2.75, 3.05) is 13.1 Å². The van der Waals surface area contributed by atoms with Gasteiger partial charge in [0.2, 0.25) is 0 Å². The number of aromatic hydroxyl groups is 2. The van der Waals surface area contributed by atoms with E-state index in [-0.39, 0.29) is 11.5 Å². The Bertz CT molecular complexity index is 596. The molecular weight excluding hydrogens is 345 g/mol. The van der Waals surface area contributed by atoms with Crippen LogP contribution >= 0.6 is 0 Å². The monoisotopic (exact) mass is 361 g/mol. The van der Waals surface area contributed by atoms with Gasteiger partial charge in [-0.3, -0.25) is 9.98 Å². The summed E-state index contributed by atoms with van der Waals surface area (Å²) in [5, 5.41) is 19.1. The van der Waals surface area contributed by atoms with Crippen LogP contribution in [0, 0.1) is 0 Å². The molecule has 2 aromatic carbocycles. The second kappa shape index (κ2) is 11.3. The average Bonchev–Trinajstić information content (AvgIpc) is 2.55. The molecule has 0 aliphatic heterocycles. The van der Waals surface area contributed by atoms with Gasteiger partial charge in [-0.1, -0.05) is 24.3 Å². The molecule has 2 aromatic rings. The molecule has 2 N–H and O–H groups in total. The van der Waals surface area contributed by atoms with Crippen LogP contribution < -0.4 is 0 Å². The SMILES string of the molecule is Oc1ccccc1C=NCCN=Cc1ccccc1O.[F][Mn][F]. The molecule has 0 bridgehead atoms. The average molecular weight is 361 g/mol. The Hall–Kier alpha value is -2.24. The summed E-state index contributed by atoms with van der Waals surface area (Å²) >= 11 is -1.94. The molecule has 0 fully saturated rings. The van der Waals surface area contributed by atoms with Gasteiger partial charge in [-0.25, -0.2) is 0 Å². The molecule has 0 unspecified atom stereocenters. The van der Waals surface area contributed by atoms with Gasteiger partial charge < -0.3 is 10.2 Å². The van der Waals surface area contributed by atoms with Crippen LogP contribution in [0.2, 0.25) is 0 Å². The Morgan fingerprint density at radius 1 is 0.783 bits per heavy atom. The molecule has 123 valence electrons. The quantitative estimate of drug-likeness (QED) is 0.487.